The summed E-state index contributed by atoms with van der Waals surface area (Å²) in [7, 11) is -2.15. The maximum absolute atomic E-state index is 12.8. The van der Waals surface area contributed by atoms with Gasteiger partial charge in [0.15, 0.2) is 5.03 Å². The third kappa shape index (κ3) is 4.22. The van der Waals surface area contributed by atoms with Gasteiger partial charge in [0.1, 0.15) is 6.33 Å². The zero-order valence-electron chi connectivity index (χ0n) is 18.2. The number of nitrogens with one attached hydrogen (secondary N) is 1. The number of hydrogen-bond donors (Lipinski definition) is 1. The molecule has 0 fully saturated rings. The molecule has 0 saturated carbocycles. The highest BCUT2D eigenvalue weighted by Crippen LogP contribution is 2.34. The first kappa shape index (κ1) is 21.6. The Morgan fingerprint density at radius 1 is 1.03 bits per heavy atom. The fourth-order valence-electron chi connectivity index (χ4n) is 3.40. The highest BCUT2D eigenvalue weighted by atomic mass is 32.2. The van der Waals surface area contributed by atoms with E-state index in [0.717, 1.165) is 33.8 Å². The molecule has 0 aliphatic rings. The van der Waals surface area contributed by atoms with E-state index in [-0.39, 0.29) is 5.03 Å². The van der Waals surface area contributed by atoms with Gasteiger partial charge in [-0.05, 0) is 38.5 Å². The van der Waals surface area contributed by atoms with Crippen molar-refractivity contribution < 1.29 is 8.42 Å². The van der Waals surface area contributed by atoms with Crippen LogP contribution in [0.1, 0.15) is 24.0 Å². The average Bonchev–Trinajstić information content (AvgIpc) is 3.22. The summed E-state index contributed by atoms with van der Waals surface area (Å²) in [4.78, 5) is 21.6. The van der Waals surface area contributed by atoms with Crippen LogP contribution in [0.2, 0.25) is 0 Å². The molecule has 0 aliphatic heterocycles. The van der Waals surface area contributed by atoms with Crippen molar-refractivity contribution in [1.29, 1.82) is 0 Å². The molecule has 0 spiro atoms. The Bertz CT molecular complexity index is 1400. The molecule has 9 nitrogen and oxygen atoms in total. The van der Waals surface area contributed by atoms with Gasteiger partial charge in [-0.1, -0.05) is 6.92 Å². The van der Waals surface area contributed by atoms with Crippen molar-refractivity contribution in [3.05, 3.63) is 66.5 Å². The van der Waals surface area contributed by atoms with E-state index >= 15 is 0 Å². The van der Waals surface area contributed by atoms with Gasteiger partial charge in [0.25, 0.3) is 10.0 Å². The molecular formula is C22H23N7O2S. The van der Waals surface area contributed by atoms with Crippen LogP contribution in [0.5, 0.6) is 0 Å². The smallest absolute Gasteiger partial charge is 0.281 e. The molecule has 0 radical (unpaired) electrons. The second-order valence-corrected chi connectivity index (χ2v) is 9.05. The SMILES string of the molecule is CCc1ncnc(-c2ccnc(C)c2)c1-c1cnc(C)c(NS(=O)(=O)c2cn(C)cn2)c1. The molecule has 0 saturated heterocycles. The summed E-state index contributed by atoms with van der Waals surface area (Å²) in [5.41, 5.74) is 5.81. The summed E-state index contributed by atoms with van der Waals surface area (Å²) in [5.74, 6) is 0. The highest BCUT2D eigenvalue weighted by Gasteiger charge is 2.21. The highest BCUT2D eigenvalue weighted by molar-refractivity contribution is 7.92. The maximum Gasteiger partial charge on any atom is 0.281 e. The zero-order chi connectivity index (χ0) is 22.9. The second-order valence-electron chi connectivity index (χ2n) is 7.42. The normalized spacial score (nSPS) is 11.5. The zero-order valence-corrected chi connectivity index (χ0v) is 19.1. The largest absolute Gasteiger partial charge is 0.339 e. The van der Waals surface area contributed by atoms with Crippen molar-refractivity contribution in [2.24, 2.45) is 7.05 Å². The maximum atomic E-state index is 12.8. The van der Waals surface area contributed by atoms with Crippen molar-refractivity contribution >= 4 is 15.7 Å². The number of aryl methyl sites for hydroxylation is 4. The first-order chi connectivity index (χ1) is 15.3. The average molecular weight is 450 g/mol. The summed E-state index contributed by atoms with van der Waals surface area (Å²) >= 11 is 0. The quantitative estimate of drug-likeness (QED) is 0.480. The monoisotopic (exact) mass is 449 g/mol. The summed E-state index contributed by atoms with van der Waals surface area (Å²) in [6.45, 7) is 5.68. The lowest BCUT2D eigenvalue weighted by atomic mass is 9.97. The molecule has 4 aromatic rings. The first-order valence-electron chi connectivity index (χ1n) is 10.0. The van der Waals surface area contributed by atoms with Gasteiger partial charge in [0, 0.05) is 48.0 Å². The minimum atomic E-state index is -3.86. The van der Waals surface area contributed by atoms with Crippen LogP contribution in [0.3, 0.4) is 0 Å². The van der Waals surface area contributed by atoms with Crippen LogP contribution < -0.4 is 4.72 Å². The molecule has 0 aliphatic carbocycles. The van der Waals surface area contributed by atoms with Gasteiger partial charge in [0.2, 0.25) is 0 Å². The molecular weight excluding hydrogens is 426 g/mol. The van der Waals surface area contributed by atoms with Gasteiger partial charge in [-0.25, -0.2) is 15.0 Å². The number of pyridine rings is 2. The number of aromatic nitrogens is 6. The van der Waals surface area contributed by atoms with Gasteiger partial charge in [-0.2, -0.15) is 8.42 Å². The molecule has 4 aromatic heterocycles. The fraction of sp³-hybridized carbons (Fsp3) is 0.227. The minimum absolute atomic E-state index is 0.0601. The minimum Gasteiger partial charge on any atom is -0.339 e. The van der Waals surface area contributed by atoms with Crippen molar-refractivity contribution in [3.63, 3.8) is 0 Å². The van der Waals surface area contributed by atoms with E-state index < -0.39 is 10.0 Å². The Balaban J connectivity index is 1.84. The summed E-state index contributed by atoms with van der Waals surface area (Å²) in [6, 6.07) is 5.61. The second kappa shape index (κ2) is 8.46. The number of sulfonamides is 1. The molecule has 4 heterocycles. The van der Waals surface area contributed by atoms with Gasteiger partial charge in [-0.15, -0.1) is 0 Å². The molecule has 0 aromatic carbocycles. The van der Waals surface area contributed by atoms with E-state index in [4.69, 9.17) is 0 Å². The lowest BCUT2D eigenvalue weighted by molar-refractivity contribution is 0.598. The van der Waals surface area contributed by atoms with Crippen molar-refractivity contribution in [2.45, 2.75) is 32.2 Å². The van der Waals surface area contributed by atoms with E-state index in [1.165, 1.54) is 12.5 Å². The van der Waals surface area contributed by atoms with Crippen molar-refractivity contribution in [1.82, 2.24) is 29.5 Å². The molecule has 0 unspecified atom stereocenters. The topological polar surface area (TPSA) is 116 Å². The Kier molecular flexibility index (Phi) is 5.70. The van der Waals surface area contributed by atoms with Crippen molar-refractivity contribution in [3.8, 4) is 22.4 Å². The van der Waals surface area contributed by atoms with E-state index in [9.17, 15) is 8.42 Å². The Labute approximate surface area is 186 Å². The predicted molar refractivity (Wildman–Crippen MR) is 121 cm³/mol. The molecule has 0 amide bonds. The van der Waals surface area contributed by atoms with E-state index in [1.54, 1.807) is 43.3 Å². The Hall–Kier alpha value is -3.66. The molecule has 10 heteroatoms. The molecule has 164 valence electrons. The van der Waals surface area contributed by atoms with Crippen LogP contribution in [-0.4, -0.2) is 37.9 Å². The lowest BCUT2D eigenvalue weighted by Crippen LogP contribution is -2.15. The Morgan fingerprint density at radius 2 is 1.84 bits per heavy atom. The predicted octanol–water partition coefficient (Wildman–Crippen LogP) is 3.31. The van der Waals surface area contributed by atoms with Gasteiger partial charge in [0.05, 0.1) is 29.1 Å². The third-order valence-electron chi connectivity index (χ3n) is 5.01. The Morgan fingerprint density at radius 3 is 2.53 bits per heavy atom. The fourth-order valence-corrected chi connectivity index (χ4v) is 4.49. The first-order valence-corrected chi connectivity index (χ1v) is 11.5. The standard InChI is InChI=1S/C22H23N7O2S/c1-5-18-21(22(26-12-25-18)16-6-7-23-14(2)8-16)17-9-19(15(3)24-10-17)28-32(30,31)20-11-29(4)13-27-20/h6-13,28H,5H2,1-4H3. The van der Waals surface area contributed by atoms with Crippen LogP contribution >= 0.6 is 0 Å². The van der Waals surface area contributed by atoms with Crippen LogP contribution in [0, 0.1) is 13.8 Å². The number of rotatable bonds is 6. The van der Waals surface area contributed by atoms with Crippen LogP contribution in [0.25, 0.3) is 22.4 Å². The molecule has 4 rings (SSSR count). The van der Waals surface area contributed by atoms with Crippen LogP contribution in [0.15, 0.2) is 54.5 Å². The summed E-state index contributed by atoms with van der Waals surface area (Å²) < 4.78 is 29.8. The van der Waals surface area contributed by atoms with Crippen LogP contribution in [0.4, 0.5) is 5.69 Å². The number of imidazole rings is 1. The van der Waals surface area contributed by atoms with Crippen LogP contribution in [-0.2, 0) is 23.5 Å². The molecule has 1 N–H and O–H groups in total. The van der Waals surface area contributed by atoms with Gasteiger partial charge < -0.3 is 4.57 Å². The molecule has 32 heavy (non-hydrogen) atoms. The van der Waals surface area contributed by atoms with E-state index in [0.29, 0.717) is 17.8 Å². The lowest BCUT2D eigenvalue weighted by Gasteiger charge is -2.15. The number of nitrogens with zero attached hydrogens (tertiary/aromatic N) is 6. The summed E-state index contributed by atoms with van der Waals surface area (Å²) in [6.07, 6.45) is 8.55. The number of anilines is 1. The molecule has 0 atom stereocenters. The van der Waals surface area contributed by atoms with E-state index in [2.05, 4.69) is 29.6 Å². The third-order valence-corrected chi connectivity index (χ3v) is 6.26. The van der Waals surface area contributed by atoms with Gasteiger partial charge in [-0.3, -0.25) is 14.7 Å². The summed E-state index contributed by atoms with van der Waals surface area (Å²) in [5, 5.41) is -0.0601. The number of hydrogen-bond acceptors (Lipinski definition) is 7. The molecule has 0 bridgehead atoms. The van der Waals surface area contributed by atoms with Gasteiger partial charge >= 0.3 is 0 Å². The van der Waals surface area contributed by atoms with Crippen molar-refractivity contribution in [2.75, 3.05) is 4.72 Å². The van der Waals surface area contributed by atoms with E-state index in [1.807, 2.05) is 26.0 Å².